The summed E-state index contributed by atoms with van der Waals surface area (Å²) < 4.78 is 34.0. The van der Waals surface area contributed by atoms with Crippen LogP contribution in [0, 0.1) is 17.2 Å². The minimum atomic E-state index is -3.21. The molecule has 0 atom stereocenters. The van der Waals surface area contributed by atoms with E-state index in [1.165, 1.54) is 17.1 Å². The molecule has 5 rings (SSSR count). The van der Waals surface area contributed by atoms with Gasteiger partial charge in [0.25, 0.3) is 0 Å². The molecule has 0 N–H and O–H groups in total. The lowest BCUT2D eigenvalue weighted by molar-refractivity contribution is 0.300. The second-order valence-electron chi connectivity index (χ2n) is 8.30. The molecule has 2 fully saturated rings. The third-order valence-electron chi connectivity index (χ3n) is 6.17. The van der Waals surface area contributed by atoms with Gasteiger partial charge in [0, 0.05) is 24.5 Å². The van der Waals surface area contributed by atoms with Gasteiger partial charge in [0.1, 0.15) is 11.8 Å². The number of nitriles is 1. The number of nitrogens with zero attached hydrogens (tertiary/aromatic N) is 3. The Bertz CT molecular complexity index is 1280. The summed E-state index contributed by atoms with van der Waals surface area (Å²) in [5.74, 6) is 1.71. The molecular weight excluding hydrogens is 410 g/mol. The highest BCUT2D eigenvalue weighted by Crippen LogP contribution is 2.37. The van der Waals surface area contributed by atoms with Crippen molar-refractivity contribution in [3.63, 3.8) is 0 Å². The number of hydrogen-bond donors (Lipinski definition) is 0. The van der Waals surface area contributed by atoms with Crippen molar-refractivity contribution in [2.45, 2.75) is 32.7 Å². The SMILES string of the molecule is CCn1c(-c2ccc(N3CCCS3(=O)=O)cc2)c(C#N)c2ccc(OCC3CC3)cc21. The normalized spacial score (nSPS) is 17.7. The van der Waals surface area contributed by atoms with E-state index in [1.807, 2.05) is 42.5 Å². The van der Waals surface area contributed by atoms with Crippen LogP contribution in [-0.2, 0) is 16.6 Å². The van der Waals surface area contributed by atoms with Gasteiger partial charge in [-0.05, 0) is 61.9 Å². The Morgan fingerprint density at radius 1 is 1.16 bits per heavy atom. The summed E-state index contributed by atoms with van der Waals surface area (Å²) in [4.78, 5) is 0. The van der Waals surface area contributed by atoms with Crippen molar-refractivity contribution in [3.8, 4) is 23.1 Å². The van der Waals surface area contributed by atoms with Crippen LogP contribution < -0.4 is 9.04 Å². The van der Waals surface area contributed by atoms with Crippen LogP contribution in [0.3, 0.4) is 0 Å². The average Bonchev–Trinajstić information content (AvgIpc) is 3.46. The molecule has 2 aromatic carbocycles. The van der Waals surface area contributed by atoms with Gasteiger partial charge in [-0.2, -0.15) is 5.26 Å². The molecule has 0 bridgehead atoms. The van der Waals surface area contributed by atoms with Crippen molar-refractivity contribution in [1.29, 1.82) is 5.26 Å². The minimum Gasteiger partial charge on any atom is -0.493 e. The summed E-state index contributed by atoms with van der Waals surface area (Å²) >= 11 is 0. The Labute approximate surface area is 182 Å². The second-order valence-corrected chi connectivity index (χ2v) is 10.3. The fourth-order valence-electron chi connectivity index (χ4n) is 4.37. The Hall–Kier alpha value is -2.98. The van der Waals surface area contributed by atoms with E-state index in [0.29, 0.717) is 36.7 Å². The van der Waals surface area contributed by atoms with E-state index in [4.69, 9.17) is 4.74 Å². The molecule has 6 nitrogen and oxygen atoms in total. The van der Waals surface area contributed by atoms with Crippen LogP contribution in [0.25, 0.3) is 22.2 Å². The summed E-state index contributed by atoms with van der Waals surface area (Å²) in [5.41, 5.74) is 4.04. The first kappa shape index (κ1) is 20.0. The Balaban J connectivity index is 1.56. The van der Waals surface area contributed by atoms with Crippen LogP contribution in [0.15, 0.2) is 42.5 Å². The van der Waals surface area contributed by atoms with Gasteiger partial charge in [-0.1, -0.05) is 12.1 Å². The van der Waals surface area contributed by atoms with Crippen molar-refractivity contribution in [1.82, 2.24) is 4.57 Å². The maximum Gasteiger partial charge on any atom is 0.235 e. The first-order valence-electron chi connectivity index (χ1n) is 10.8. The van der Waals surface area contributed by atoms with E-state index < -0.39 is 10.0 Å². The van der Waals surface area contributed by atoms with E-state index >= 15 is 0 Å². The number of benzene rings is 2. The zero-order chi connectivity index (χ0) is 21.6. The molecule has 0 spiro atoms. The lowest BCUT2D eigenvalue weighted by Crippen LogP contribution is -2.24. The van der Waals surface area contributed by atoms with Crippen molar-refractivity contribution < 1.29 is 13.2 Å². The zero-order valence-electron chi connectivity index (χ0n) is 17.5. The molecule has 1 aliphatic heterocycles. The highest BCUT2D eigenvalue weighted by atomic mass is 32.2. The van der Waals surface area contributed by atoms with Crippen molar-refractivity contribution >= 4 is 26.6 Å². The highest BCUT2D eigenvalue weighted by Gasteiger charge is 2.28. The van der Waals surface area contributed by atoms with Crippen molar-refractivity contribution in [3.05, 3.63) is 48.0 Å². The number of anilines is 1. The molecule has 1 saturated heterocycles. The molecule has 1 aliphatic carbocycles. The van der Waals surface area contributed by atoms with Gasteiger partial charge < -0.3 is 9.30 Å². The van der Waals surface area contributed by atoms with Crippen LogP contribution in [0.4, 0.5) is 5.69 Å². The van der Waals surface area contributed by atoms with E-state index in [0.717, 1.165) is 34.5 Å². The topological polar surface area (TPSA) is 75.3 Å². The Kier molecular flexibility index (Phi) is 4.90. The smallest absolute Gasteiger partial charge is 0.235 e. The monoisotopic (exact) mass is 435 g/mol. The highest BCUT2D eigenvalue weighted by molar-refractivity contribution is 7.93. The molecule has 0 radical (unpaired) electrons. The van der Waals surface area contributed by atoms with Crippen molar-refractivity contribution in [2.24, 2.45) is 5.92 Å². The lowest BCUT2D eigenvalue weighted by Gasteiger charge is -2.17. The van der Waals surface area contributed by atoms with Crippen LogP contribution in [0.1, 0.15) is 31.7 Å². The predicted molar refractivity (Wildman–Crippen MR) is 122 cm³/mol. The number of ether oxygens (including phenoxy) is 1. The molecule has 0 amide bonds. The van der Waals surface area contributed by atoms with Gasteiger partial charge >= 0.3 is 0 Å². The lowest BCUT2D eigenvalue weighted by atomic mass is 10.1. The zero-order valence-corrected chi connectivity index (χ0v) is 18.4. The average molecular weight is 436 g/mol. The van der Waals surface area contributed by atoms with Crippen molar-refractivity contribution in [2.75, 3.05) is 23.2 Å². The molecule has 3 aromatic rings. The molecule has 7 heteroatoms. The molecule has 1 aromatic heterocycles. The first-order valence-corrected chi connectivity index (χ1v) is 12.4. The van der Waals surface area contributed by atoms with Crippen LogP contribution >= 0.6 is 0 Å². The summed E-state index contributed by atoms with van der Waals surface area (Å²) in [6.45, 7) is 4.04. The number of aryl methyl sites for hydroxylation is 1. The maximum atomic E-state index is 12.2. The molecule has 0 unspecified atom stereocenters. The third kappa shape index (κ3) is 3.55. The quantitative estimate of drug-likeness (QED) is 0.570. The Morgan fingerprint density at radius 2 is 1.94 bits per heavy atom. The summed E-state index contributed by atoms with van der Waals surface area (Å²) in [5, 5.41) is 10.9. The predicted octanol–water partition coefficient (Wildman–Crippen LogP) is 4.53. The van der Waals surface area contributed by atoms with E-state index in [-0.39, 0.29) is 5.75 Å². The fourth-order valence-corrected chi connectivity index (χ4v) is 5.94. The number of rotatable bonds is 6. The van der Waals surface area contributed by atoms with E-state index in [1.54, 1.807) is 0 Å². The van der Waals surface area contributed by atoms with Gasteiger partial charge in [-0.3, -0.25) is 4.31 Å². The molecule has 2 aliphatic rings. The largest absolute Gasteiger partial charge is 0.493 e. The summed E-state index contributed by atoms with van der Waals surface area (Å²) in [6.07, 6.45) is 3.13. The van der Waals surface area contributed by atoms with Gasteiger partial charge in [0.15, 0.2) is 0 Å². The van der Waals surface area contributed by atoms with Crippen LogP contribution in [0.5, 0.6) is 5.75 Å². The standard InChI is InChI=1S/C24H25N3O3S/c1-2-26-23-14-20(30-16-17-4-5-17)10-11-21(23)22(15-25)24(26)18-6-8-19(9-7-18)27-12-3-13-31(27,28)29/h6-11,14,17H,2-5,12-13,16H2,1H3. The van der Waals surface area contributed by atoms with Gasteiger partial charge in [0.05, 0.1) is 34.8 Å². The minimum absolute atomic E-state index is 0.197. The van der Waals surface area contributed by atoms with E-state index in [9.17, 15) is 13.7 Å². The number of fused-ring (bicyclic) bond motifs is 1. The van der Waals surface area contributed by atoms with Gasteiger partial charge in [-0.15, -0.1) is 0 Å². The molecule has 2 heterocycles. The number of hydrogen-bond acceptors (Lipinski definition) is 4. The van der Waals surface area contributed by atoms with Gasteiger partial charge in [0.2, 0.25) is 10.0 Å². The molecule has 1 saturated carbocycles. The summed E-state index contributed by atoms with van der Waals surface area (Å²) in [6, 6.07) is 15.8. The number of aromatic nitrogens is 1. The Morgan fingerprint density at radius 3 is 2.55 bits per heavy atom. The summed E-state index contributed by atoms with van der Waals surface area (Å²) in [7, 11) is -3.21. The fraction of sp³-hybridized carbons (Fsp3) is 0.375. The third-order valence-corrected chi connectivity index (χ3v) is 8.04. The second kappa shape index (κ2) is 7.61. The molecule has 31 heavy (non-hydrogen) atoms. The van der Waals surface area contributed by atoms with E-state index in [2.05, 4.69) is 17.6 Å². The van der Waals surface area contributed by atoms with Gasteiger partial charge in [-0.25, -0.2) is 8.42 Å². The molecular formula is C24H25N3O3S. The van der Waals surface area contributed by atoms with Crippen LogP contribution in [-0.4, -0.2) is 31.9 Å². The van der Waals surface area contributed by atoms with Crippen LogP contribution in [0.2, 0.25) is 0 Å². The number of sulfonamides is 1. The molecule has 160 valence electrons. The maximum absolute atomic E-state index is 12.2. The first-order chi connectivity index (χ1) is 15.0.